The second kappa shape index (κ2) is 4.28. The van der Waals surface area contributed by atoms with Crippen molar-refractivity contribution in [1.82, 2.24) is 4.90 Å². The molecule has 4 aliphatic rings. The zero-order valence-electron chi connectivity index (χ0n) is 12.2. The van der Waals surface area contributed by atoms with Crippen LogP contribution in [0.4, 0.5) is 0 Å². The Hall–Kier alpha value is -0.450. The van der Waals surface area contributed by atoms with Crippen molar-refractivity contribution in [3.63, 3.8) is 0 Å². The van der Waals surface area contributed by atoms with Gasteiger partial charge in [-0.2, -0.15) is 0 Å². The molecule has 0 aromatic heterocycles. The van der Waals surface area contributed by atoms with Crippen molar-refractivity contribution in [3.05, 3.63) is 0 Å². The lowest BCUT2D eigenvalue weighted by Crippen LogP contribution is -2.76. The summed E-state index contributed by atoms with van der Waals surface area (Å²) in [4.78, 5) is 15.1. The first-order valence-electron chi connectivity index (χ1n) is 8.19. The summed E-state index contributed by atoms with van der Waals surface area (Å²) >= 11 is 0. The van der Waals surface area contributed by atoms with Gasteiger partial charge in [0.05, 0.1) is 12.2 Å². The van der Waals surface area contributed by atoms with E-state index in [1.54, 1.807) is 0 Å². The Morgan fingerprint density at radius 1 is 1.25 bits per heavy atom. The minimum atomic E-state index is -0.424. The Balaban J connectivity index is 1.86. The van der Waals surface area contributed by atoms with Gasteiger partial charge in [-0.3, -0.25) is 9.69 Å². The lowest BCUT2D eigenvalue weighted by atomic mass is 9.47. The summed E-state index contributed by atoms with van der Waals surface area (Å²) in [6.07, 6.45) is 3.47. The van der Waals surface area contributed by atoms with Gasteiger partial charge < -0.3 is 10.2 Å². The number of aliphatic hydroxyl groups is 2. The van der Waals surface area contributed by atoms with Gasteiger partial charge in [0.2, 0.25) is 0 Å². The lowest BCUT2D eigenvalue weighted by molar-refractivity contribution is -0.219. The molecular weight excluding hydrogens is 254 g/mol. The molecular formula is C16H25NO3. The van der Waals surface area contributed by atoms with Crippen LogP contribution in [-0.2, 0) is 4.79 Å². The SMILES string of the molecule is C[C@@H]1C[C@@]23[C@H]4[C@H](CC(=O)[C@H]2CCCN3CC[C@@H]4O)[C@H]1O. The Kier molecular flexibility index (Phi) is 2.83. The minimum absolute atomic E-state index is 0.0293. The van der Waals surface area contributed by atoms with Gasteiger partial charge in [0.15, 0.2) is 0 Å². The number of hydrogen-bond acceptors (Lipinski definition) is 4. The third-order valence-corrected chi connectivity index (χ3v) is 6.76. The third kappa shape index (κ3) is 1.45. The molecule has 0 aromatic carbocycles. The van der Waals surface area contributed by atoms with E-state index >= 15 is 0 Å². The Labute approximate surface area is 120 Å². The summed E-state index contributed by atoms with van der Waals surface area (Å²) in [5.74, 6) is 0.750. The Morgan fingerprint density at radius 2 is 2.05 bits per heavy atom. The maximum absolute atomic E-state index is 12.6. The standard InChI is InChI=1S/C16H25NO3/c1-9-8-16-11-3-2-5-17(16)6-4-12(18)14(16)10(15(9)20)7-13(11)19/h9-12,14-15,18,20H,2-8H2,1H3/t9-,10+,11-,12+,14+,15+,16+/m1/s1. The molecule has 2 aliphatic carbocycles. The normalized spacial score (nSPS) is 55.5. The molecule has 0 radical (unpaired) electrons. The van der Waals surface area contributed by atoms with Gasteiger partial charge in [-0.1, -0.05) is 6.92 Å². The molecule has 0 aromatic rings. The number of aliphatic hydroxyl groups excluding tert-OH is 2. The van der Waals surface area contributed by atoms with Gasteiger partial charge in [-0.05, 0) is 44.1 Å². The highest BCUT2D eigenvalue weighted by Gasteiger charge is 2.66. The fourth-order valence-electron chi connectivity index (χ4n) is 6.13. The number of piperidine rings is 2. The van der Waals surface area contributed by atoms with Crippen molar-refractivity contribution in [2.75, 3.05) is 13.1 Å². The summed E-state index contributed by atoms with van der Waals surface area (Å²) in [5, 5.41) is 21.1. The summed E-state index contributed by atoms with van der Waals surface area (Å²) < 4.78 is 0. The van der Waals surface area contributed by atoms with Crippen LogP contribution >= 0.6 is 0 Å². The molecule has 4 heteroatoms. The van der Waals surface area contributed by atoms with Crippen LogP contribution in [0.2, 0.25) is 0 Å². The molecule has 4 nitrogen and oxygen atoms in total. The highest BCUT2D eigenvalue weighted by atomic mass is 16.3. The fourth-order valence-corrected chi connectivity index (χ4v) is 6.13. The van der Waals surface area contributed by atoms with Gasteiger partial charge in [0.25, 0.3) is 0 Å². The number of carbonyl (C=O) groups is 1. The number of carbonyl (C=O) groups excluding carboxylic acids is 1. The van der Waals surface area contributed by atoms with E-state index in [4.69, 9.17) is 0 Å². The van der Waals surface area contributed by atoms with Crippen molar-refractivity contribution in [3.8, 4) is 0 Å². The van der Waals surface area contributed by atoms with E-state index in [-0.39, 0.29) is 35.3 Å². The average molecular weight is 279 g/mol. The Bertz CT molecular complexity index is 439. The molecule has 7 atom stereocenters. The van der Waals surface area contributed by atoms with Gasteiger partial charge in [0.1, 0.15) is 5.78 Å². The number of hydrogen-bond donors (Lipinski definition) is 2. The zero-order valence-corrected chi connectivity index (χ0v) is 12.2. The van der Waals surface area contributed by atoms with E-state index in [0.29, 0.717) is 12.2 Å². The molecule has 2 saturated heterocycles. The van der Waals surface area contributed by atoms with Gasteiger partial charge in [-0.15, -0.1) is 0 Å². The van der Waals surface area contributed by atoms with Crippen LogP contribution in [0.15, 0.2) is 0 Å². The third-order valence-electron chi connectivity index (χ3n) is 6.76. The van der Waals surface area contributed by atoms with Crippen LogP contribution < -0.4 is 0 Å². The molecule has 2 saturated carbocycles. The maximum atomic E-state index is 12.6. The van der Waals surface area contributed by atoms with Gasteiger partial charge >= 0.3 is 0 Å². The number of nitrogens with zero attached hydrogens (tertiary/aromatic N) is 1. The van der Waals surface area contributed by atoms with E-state index in [9.17, 15) is 15.0 Å². The van der Waals surface area contributed by atoms with E-state index < -0.39 is 6.10 Å². The molecule has 2 bridgehead atoms. The van der Waals surface area contributed by atoms with Crippen molar-refractivity contribution >= 4 is 5.78 Å². The van der Waals surface area contributed by atoms with Crippen LogP contribution in [0.3, 0.4) is 0 Å². The van der Waals surface area contributed by atoms with E-state index in [1.165, 1.54) is 0 Å². The van der Waals surface area contributed by atoms with Crippen molar-refractivity contribution in [2.45, 2.75) is 56.8 Å². The first-order chi connectivity index (χ1) is 9.55. The van der Waals surface area contributed by atoms with E-state index in [0.717, 1.165) is 38.8 Å². The second-order valence-corrected chi connectivity index (χ2v) is 7.56. The molecule has 0 amide bonds. The highest BCUT2D eigenvalue weighted by molar-refractivity contribution is 5.84. The highest BCUT2D eigenvalue weighted by Crippen LogP contribution is 2.59. The molecule has 2 N–H and O–H groups in total. The molecule has 2 heterocycles. The quantitative estimate of drug-likeness (QED) is 0.689. The maximum Gasteiger partial charge on any atom is 0.138 e. The summed E-state index contributed by atoms with van der Waals surface area (Å²) in [6, 6.07) is 0. The molecule has 20 heavy (non-hydrogen) atoms. The van der Waals surface area contributed by atoms with Crippen molar-refractivity contribution in [1.29, 1.82) is 0 Å². The van der Waals surface area contributed by atoms with Crippen LogP contribution in [0.25, 0.3) is 0 Å². The predicted octanol–water partition coefficient (Wildman–Crippen LogP) is 0.808. The van der Waals surface area contributed by atoms with Crippen LogP contribution in [0.1, 0.15) is 39.0 Å². The monoisotopic (exact) mass is 279 g/mol. The van der Waals surface area contributed by atoms with Crippen LogP contribution in [0.5, 0.6) is 0 Å². The van der Waals surface area contributed by atoms with E-state index in [2.05, 4.69) is 11.8 Å². The van der Waals surface area contributed by atoms with Gasteiger partial charge in [-0.25, -0.2) is 0 Å². The summed E-state index contributed by atoms with van der Waals surface area (Å²) in [7, 11) is 0. The van der Waals surface area contributed by atoms with Crippen LogP contribution in [-0.4, -0.2) is 51.7 Å². The fraction of sp³-hybridized carbons (Fsp3) is 0.938. The number of Topliss-reactive ketones (excluding diaryl/α,β-unsaturated/α-hetero) is 1. The van der Waals surface area contributed by atoms with Gasteiger partial charge in [0, 0.05) is 30.3 Å². The van der Waals surface area contributed by atoms with Crippen LogP contribution in [0, 0.1) is 23.7 Å². The predicted molar refractivity (Wildman–Crippen MR) is 74.0 cm³/mol. The van der Waals surface area contributed by atoms with Crippen molar-refractivity contribution in [2.24, 2.45) is 23.7 Å². The largest absolute Gasteiger partial charge is 0.393 e. The minimum Gasteiger partial charge on any atom is -0.393 e. The van der Waals surface area contributed by atoms with Crippen molar-refractivity contribution < 1.29 is 15.0 Å². The first kappa shape index (κ1) is 13.2. The molecule has 1 spiro atoms. The average Bonchev–Trinajstić information content (AvgIpc) is 2.42. The summed E-state index contributed by atoms with van der Waals surface area (Å²) in [6.45, 7) is 4.09. The first-order valence-corrected chi connectivity index (χ1v) is 8.19. The lowest BCUT2D eigenvalue weighted by Gasteiger charge is -2.67. The number of ketones is 1. The topological polar surface area (TPSA) is 60.8 Å². The molecule has 0 unspecified atom stereocenters. The molecule has 4 fully saturated rings. The molecule has 4 rings (SSSR count). The smallest absolute Gasteiger partial charge is 0.138 e. The zero-order chi connectivity index (χ0) is 14.1. The van der Waals surface area contributed by atoms with E-state index in [1.807, 2.05) is 0 Å². The second-order valence-electron chi connectivity index (χ2n) is 7.56. The molecule has 2 aliphatic heterocycles. The Morgan fingerprint density at radius 3 is 2.85 bits per heavy atom. The summed E-state index contributed by atoms with van der Waals surface area (Å²) in [5.41, 5.74) is -0.144. The molecule has 112 valence electrons. The number of rotatable bonds is 0.